The largest absolute Gasteiger partial charge is 0.490 e. The van der Waals surface area contributed by atoms with E-state index in [0.29, 0.717) is 12.3 Å². The van der Waals surface area contributed by atoms with E-state index < -0.39 is 42.3 Å². The van der Waals surface area contributed by atoms with Gasteiger partial charge in [0.25, 0.3) is 11.8 Å². The number of hydrogen-bond donors (Lipinski definition) is 2. The Hall–Kier alpha value is -3.82. The maximum Gasteiger partial charge on any atom is 0.490 e. The number of carboxylic acid groups (broad SMARTS) is 1. The lowest BCUT2D eigenvalue weighted by Crippen LogP contribution is -2.45. The number of carbonyl (C=O) groups is 2. The topological polar surface area (TPSA) is 128 Å². The molecule has 2 aliphatic heterocycles. The van der Waals surface area contributed by atoms with Crippen LogP contribution in [0.15, 0.2) is 23.1 Å². The van der Waals surface area contributed by atoms with Crippen LogP contribution in [0.1, 0.15) is 62.1 Å². The smallest absolute Gasteiger partial charge is 0.486 e. The Balaban J connectivity index is 0.000000448. The van der Waals surface area contributed by atoms with Crippen LogP contribution in [0.3, 0.4) is 0 Å². The number of amides is 1. The number of alkyl halides is 5. The molecular weight excluding hydrogens is 542 g/mol. The number of hydrogen-bond acceptors (Lipinski definition) is 7. The molecule has 2 N–H and O–H groups in total. The summed E-state index contributed by atoms with van der Waals surface area (Å²) in [5.41, 5.74) is 0.0143. The summed E-state index contributed by atoms with van der Waals surface area (Å²) in [6, 6.07) is 0. The molecule has 1 aliphatic carbocycles. The van der Waals surface area contributed by atoms with Gasteiger partial charge >= 0.3 is 18.6 Å². The second kappa shape index (κ2) is 9.73. The first-order valence-corrected chi connectivity index (χ1v) is 11.4. The number of aliphatic carboxylic acids is 1. The quantitative estimate of drug-likeness (QED) is 0.405. The van der Waals surface area contributed by atoms with Gasteiger partial charge in [0.15, 0.2) is 17.1 Å². The summed E-state index contributed by atoms with van der Waals surface area (Å²) in [6.07, 6.45) is -2.82. The van der Waals surface area contributed by atoms with Crippen LogP contribution in [0, 0.1) is 5.82 Å². The van der Waals surface area contributed by atoms with Crippen molar-refractivity contribution in [3.8, 4) is 5.75 Å². The van der Waals surface area contributed by atoms with Crippen molar-refractivity contribution in [1.29, 1.82) is 0 Å². The van der Waals surface area contributed by atoms with E-state index in [-0.39, 0.29) is 33.8 Å². The predicted octanol–water partition coefficient (Wildman–Crippen LogP) is 4.89. The van der Waals surface area contributed by atoms with Gasteiger partial charge in [-0.3, -0.25) is 4.79 Å². The molecule has 0 unspecified atom stereocenters. The normalized spacial score (nSPS) is 22.0. The third-order valence-corrected chi connectivity index (χ3v) is 6.09. The summed E-state index contributed by atoms with van der Waals surface area (Å²) in [7, 11) is 0. The van der Waals surface area contributed by atoms with Crippen molar-refractivity contribution < 1.29 is 54.9 Å². The molecule has 2 saturated heterocycles. The van der Waals surface area contributed by atoms with Crippen molar-refractivity contribution >= 4 is 23.2 Å². The first-order valence-electron chi connectivity index (χ1n) is 11.4. The molecule has 1 amide bonds. The number of halogens is 6. The summed E-state index contributed by atoms with van der Waals surface area (Å²) in [6.45, 7) is 5.98. The van der Waals surface area contributed by atoms with Crippen molar-refractivity contribution in [2.45, 2.75) is 63.3 Å². The van der Waals surface area contributed by atoms with Gasteiger partial charge in [0.05, 0.1) is 24.0 Å². The van der Waals surface area contributed by atoms with Crippen molar-refractivity contribution in [3.63, 3.8) is 0 Å². The Morgan fingerprint density at radius 2 is 1.85 bits per heavy atom. The van der Waals surface area contributed by atoms with Gasteiger partial charge in [-0.15, -0.1) is 0 Å². The number of oxazole rings is 1. The molecule has 3 aromatic heterocycles. The Kier molecular flexibility index (Phi) is 7.04. The fourth-order valence-corrected chi connectivity index (χ4v) is 4.60. The zero-order valence-corrected chi connectivity index (χ0v) is 20.6. The molecule has 39 heavy (non-hydrogen) atoms. The third kappa shape index (κ3) is 5.51. The Bertz CT molecular complexity index is 1410. The number of carboxylic acids is 1. The number of nitrogens with one attached hydrogen (secondary N) is 1. The van der Waals surface area contributed by atoms with Crippen molar-refractivity contribution in [2.24, 2.45) is 0 Å². The number of rotatable bonds is 6. The molecule has 0 aromatic carbocycles. The van der Waals surface area contributed by atoms with Gasteiger partial charge < -0.3 is 28.7 Å². The Morgan fingerprint density at radius 3 is 2.33 bits per heavy atom. The number of anilines is 1. The van der Waals surface area contributed by atoms with Gasteiger partial charge in [-0.25, -0.2) is 14.8 Å². The zero-order chi connectivity index (χ0) is 28.9. The van der Waals surface area contributed by atoms with Gasteiger partial charge in [0.2, 0.25) is 5.82 Å². The molecule has 0 spiro atoms. The lowest BCUT2D eigenvalue weighted by Gasteiger charge is -2.41. The van der Waals surface area contributed by atoms with Crippen LogP contribution in [0.4, 0.5) is 32.0 Å². The molecule has 5 heterocycles. The van der Waals surface area contributed by atoms with E-state index in [4.69, 9.17) is 19.4 Å². The van der Waals surface area contributed by atoms with E-state index >= 15 is 4.39 Å². The van der Waals surface area contributed by atoms with E-state index in [1.807, 2.05) is 6.92 Å². The number of fused-ring (bicyclic) bond motifs is 2. The van der Waals surface area contributed by atoms with Crippen LogP contribution in [0.25, 0.3) is 5.65 Å². The SMILES string of the molecule is CC(C)Oc1c(NC(=O)c2coc(C(F)F)n2)cn2cc(C34COC(C)(C3)C4)nc2c1F.O=C(O)C(F)(F)F. The minimum absolute atomic E-state index is 0.0119. The average molecular weight is 564 g/mol. The van der Waals surface area contributed by atoms with E-state index in [2.05, 4.69) is 19.7 Å². The van der Waals surface area contributed by atoms with Gasteiger partial charge in [-0.05, 0) is 33.6 Å². The minimum Gasteiger partial charge on any atom is -0.486 e. The molecular formula is C23H22F6N4O6. The molecule has 6 rings (SSSR count). The van der Waals surface area contributed by atoms with Gasteiger partial charge in [0, 0.05) is 17.8 Å². The van der Waals surface area contributed by atoms with Gasteiger partial charge in [0.1, 0.15) is 12.0 Å². The number of aromatic nitrogens is 3. The summed E-state index contributed by atoms with van der Waals surface area (Å²) in [5, 5.41) is 9.60. The standard InChI is InChI=1S/C21H21F3N4O4.C2HF3O2/c1-10(2)32-15-11(25-18(29)12-6-30-19(26-12)16(23)24)4-28-5-13(27-17(28)14(15)22)21-7-20(3,8-21)31-9-21;3-2(4,5)1(6)7/h4-6,10,16H,7-9H2,1-3H3,(H,25,29);(H,6,7). The van der Waals surface area contributed by atoms with Crippen LogP contribution in [-0.4, -0.2) is 55.8 Å². The van der Waals surface area contributed by atoms with Crippen molar-refractivity contribution in [2.75, 3.05) is 11.9 Å². The highest BCUT2D eigenvalue weighted by Crippen LogP contribution is 2.58. The third-order valence-electron chi connectivity index (χ3n) is 6.09. The summed E-state index contributed by atoms with van der Waals surface area (Å²) in [4.78, 5) is 29.4. The highest BCUT2D eigenvalue weighted by Gasteiger charge is 2.61. The lowest BCUT2D eigenvalue weighted by atomic mass is 9.62. The summed E-state index contributed by atoms with van der Waals surface area (Å²) < 4.78 is 90.1. The van der Waals surface area contributed by atoms with Crippen LogP contribution in [0.2, 0.25) is 0 Å². The van der Waals surface area contributed by atoms with Gasteiger partial charge in [-0.2, -0.15) is 26.3 Å². The van der Waals surface area contributed by atoms with Crippen LogP contribution in [-0.2, 0) is 14.9 Å². The number of carbonyl (C=O) groups excluding carboxylic acids is 1. The first kappa shape index (κ1) is 28.2. The fraction of sp³-hybridized carbons (Fsp3) is 0.478. The van der Waals surface area contributed by atoms with E-state index in [1.54, 1.807) is 20.0 Å². The molecule has 10 nitrogen and oxygen atoms in total. The highest BCUT2D eigenvalue weighted by atomic mass is 19.4. The van der Waals surface area contributed by atoms with Crippen LogP contribution >= 0.6 is 0 Å². The van der Waals surface area contributed by atoms with Gasteiger partial charge in [-0.1, -0.05) is 0 Å². The van der Waals surface area contributed by atoms with Crippen LogP contribution in [0.5, 0.6) is 5.75 Å². The number of pyridine rings is 1. The molecule has 3 aromatic rings. The summed E-state index contributed by atoms with van der Waals surface area (Å²) in [5.74, 6) is -5.42. The second-order valence-electron chi connectivity index (χ2n) is 9.71. The van der Waals surface area contributed by atoms with Crippen LogP contribution < -0.4 is 10.1 Å². The fourth-order valence-electron chi connectivity index (χ4n) is 4.60. The molecule has 3 fully saturated rings. The maximum absolute atomic E-state index is 15.4. The predicted molar refractivity (Wildman–Crippen MR) is 119 cm³/mol. The van der Waals surface area contributed by atoms with E-state index in [9.17, 15) is 26.7 Å². The Morgan fingerprint density at radius 1 is 1.21 bits per heavy atom. The molecule has 16 heteroatoms. The molecule has 0 atom stereocenters. The monoisotopic (exact) mass is 564 g/mol. The summed E-state index contributed by atoms with van der Waals surface area (Å²) >= 11 is 0. The van der Waals surface area contributed by atoms with Crippen molar-refractivity contribution in [3.05, 3.63) is 41.8 Å². The zero-order valence-electron chi connectivity index (χ0n) is 20.6. The first-order chi connectivity index (χ1) is 18.0. The molecule has 0 radical (unpaired) electrons. The second-order valence-corrected chi connectivity index (χ2v) is 9.71. The maximum atomic E-state index is 15.4. The molecule has 3 aliphatic rings. The Labute approximate surface area is 215 Å². The minimum atomic E-state index is -5.08. The highest BCUT2D eigenvalue weighted by molar-refractivity contribution is 6.03. The lowest BCUT2D eigenvalue weighted by molar-refractivity contribution is -0.192. The number of ether oxygens (including phenoxy) is 2. The van der Waals surface area contributed by atoms with E-state index in [1.165, 1.54) is 10.6 Å². The number of nitrogens with zero attached hydrogens (tertiary/aromatic N) is 3. The van der Waals surface area contributed by atoms with E-state index in [0.717, 1.165) is 19.1 Å². The van der Waals surface area contributed by atoms with Crippen molar-refractivity contribution in [1.82, 2.24) is 14.4 Å². The average Bonchev–Trinajstić information content (AvgIpc) is 3.57. The molecule has 2 bridgehead atoms. The molecule has 212 valence electrons. The molecule has 1 saturated carbocycles. The number of imidazole rings is 1.